The largest absolute Gasteiger partial charge is 0.456 e. The Morgan fingerprint density at radius 2 is 1.04 bits per heavy atom. The van der Waals surface area contributed by atoms with Crippen LogP contribution in [-0.2, 0) is 88.7 Å². The lowest BCUT2D eigenvalue weighted by Crippen LogP contribution is -2.68. The molecule has 10 atom stereocenters. The molecule has 0 bridgehead atoms. The molecule has 68 heavy (non-hydrogen) atoms. The minimum absolute atomic E-state index is 0.00987. The molecule has 6 rings (SSSR count). The summed E-state index contributed by atoms with van der Waals surface area (Å²) in [4.78, 5) is 25.9. The van der Waals surface area contributed by atoms with E-state index < -0.39 is 90.5 Å². The van der Waals surface area contributed by atoms with Gasteiger partial charge in [-0.15, -0.1) is 11.8 Å². The van der Waals surface area contributed by atoms with Gasteiger partial charge in [0.1, 0.15) is 36.0 Å². The van der Waals surface area contributed by atoms with Crippen molar-refractivity contribution in [2.45, 2.75) is 133 Å². The Balaban J connectivity index is 1.44. The van der Waals surface area contributed by atoms with Gasteiger partial charge in [-0.3, -0.25) is 9.59 Å². The highest BCUT2D eigenvalue weighted by atomic mass is 32.2. The summed E-state index contributed by atoms with van der Waals surface area (Å²) < 4.78 is 90.5. The van der Waals surface area contributed by atoms with Crippen LogP contribution in [0.5, 0.6) is 0 Å². The number of thioether (sulfide) groups is 1. The molecule has 2 aliphatic heterocycles. The summed E-state index contributed by atoms with van der Waals surface area (Å²) in [5.41, 5.74) is 2.76. The van der Waals surface area contributed by atoms with Crippen LogP contribution in [0.15, 0.2) is 121 Å². The lowest BCUT2D eigenvalue weighted by atomic mass is 9.95. The molecule has 2 heterocycles. The molecule has 0 spiro atoms. The number of carbonyl (C=O) groups excluding carboxylic acids is 2. The van der Waals surface area contributed by atoms with Gasteiger partial charge in [-0.2, -0.15) is 0 Å². The Kier molecular flexibility index (Phi) is 20.6. The number of hydrogen-bond donors (Lipinski definition) is 1. The Labute approximate surface area is 407 Å². The molecule has 14 nitrogen and oxygen atoms in total. The van der Waals surface area contributed by atoms with Crippen molar-refractivity contribution < 1.29 is 60.6 Å². The molecule has 4 unspecified atom stereocenters. The molecule has 0 radical (unpaired) electrons. The number of benzene rings is 4. The number of rotatable bonds is 25. The van der Waals surface area contributed by atoms with Crippen LogP contribution in [0, 0.1) is 0 Å². The zero-order valence-corrected chi connectivity index (χ0v) is 42.4. The van der Waals surface area contributed by atoms with Gasteiger partial charge in [0, 0.05) is 21.9 Å². The van der Waals surface area contributed by atoms with E-state index in [1.807, 2.05) is 128 Å². The molecule has 1 N–H and O–H groups in total. The summed E-state index contributed by atoms with van der Waals surface area (Å²) in [6, 6.07) is 37.8. The monoisotopic (exact) mass is 993 g/mol. The van der Waals surface area contributed by atoms with E-state index >= 15 is 0 Å². The number of esters is 2. The third-order valence-electron chi connectivity index (χ3n) is 11.3. The van der Waals surface area contributed by atoms with Crippen LogP contribution >= 0.6 is 11.8 Å². The number of ether oxygens (including phenoxy) is 9. The van der Waals surface area contributed by atoms with Crippen molar-refractivity contribution in [3.05, 3.63) is 144 Å². The van der Waals surface area contributed by atoms with E-state index in [0.717, 1.165) is 22.3 Å². The van der Waals surface area contributed by atoms with Gasteiger partial charge in [-0.25, -0.2) is 13.1 Å². The summed E-state index contributed by atoms with van der Waals surface area (Å²) in [6.45, 7) is 11.4. The van der Waals surface area contributed by atoms with Crippen LogP contribution in [0.25, 0.3) is 0 Å². The van der Waals surface area contributed by atoms with Crippen molar-refractivity contribution >= 4 is 41.8 Å². The van der Waals surface area contributed by atoms with Crippen LogP contribution in [0.1, 0.15) is 43.0 Å². The van der Waals surface area contributed by atoms with Gasteiger partial charge < -0.3 is 42.6 Å². The van der Waals surface area contributed by atoms with Gasteiger partial charge in [-0.05, 0) is 34.1 Å². The van der Waals surface area contributed by atoms with Crippen molar-refractivity contribution in [3.63, 3.8) is 0 Å². The molecule has 0 saturated carbocycles. The summed E-state index contributed by atoms with van der Waals surface area (Å²) in [5, 5.41) is 0. The van der Waals surface area contributed by atoms with E-state index in [4.69, 9.17) is 42.6 Å². The van der Waals surface area contributed by atoms with Crippen molar-refractivity contribution in [3.8, 4) is 0 Å². The Morgan fingerprint density at radius 1 is 0.603 bits per heavy atom. The van der Waals surface area contributed by atoms with Crippen LogP contribution in [0.4, 0.5) is 0 Å². The van der Waals surface area contributed by atoms with Crippen molar-refractivity contribution in [2.24, 2.45) is 0 Å². The molecule has 4 aromatic carbocycles. The predicted molar refractivity (Wildman–Crippen MR) is 263 cm³/mol. The molecule has 17 heteroatoms. The second kappa shape index (κ2) is 26.3. The standard InChI is InChI=1S/C51H67NO13S2Si/c1-7-66-51-44(52-67(55,56)28-29-68(4,5)6)47(59-32-40-24-16-10-17-25-40)45(43(64-51)35-58-31-39-22-14-9-15-23-39)65-50-49(60-33-41-26-18-11-19-27-41)48(62-37(3)54)46(61-36(2)53)42(63-50)34-57-30-38-20-12-8-13-21-38/h8-27,42-52H,7,28-35H2,1-6H3/t42?,43?,44-,45+,46-,47+,48-,49-,50?,51?/m0/s1. The fourth-order valence-corrected chi connectivity index (χ4v) is 13.3. The van der Waals surface area contributed by atoms with Crippen molar-refractivity contribution in [2.75, 3.05) is 24.7 Å². The van der Waals surface area contributed by atoms with Gasteiger partial charge in [0.05, 0.1) is 51.4 Å². The zero-order valence-electron chi connectivity index (χ0n) is 39.8. The highest BCUT2D eigenvalue weighted by Gasteiger charge is 2.55. The van der Waals surface area contributed by atoms with Crippen LogP contribution in [0.2, 0.25) is 25.7 Å². The minimum Gasteiger partial charge on any atom is -0.456 e. The highest BCUT2D eigenvalue weighted by Crippen LogP contribution is 2.37. The summed E-state index contributed by atoms with van der Waals surface area (Å²) in [6.07, 6.45) is -9.06. The first kappa shape index (κ1) is 53.4. The number of sulfonamides is 1. The normalized spacial score (nSPS) is 25.4. The molecule has 0 aromatic heterocycles. The van der Waals surface area contributed by atoms with Crippen LogP contribution in [0.3, 0.4) is 0 Å². The number of carbonyl (C=O) groups is 2. The minimum atomic E-state index is -3.90. The molecule has 0 amide bonds. The third kappa shape index (κ3) is 16.9. The lowest BCUT2D eigenvalue weighted by molar-refractivity contribution is -0.346. The topological polar surface area (TPSA) is 163 Å². The Hall–Kier alpha value is -3.98. The maximum absolute atomic E-state index is 14.2. The molecule has 0 aliphatic carbocycles. The van der Waals surface area contributed by atoms with Gasteiger partial charge in [0.25, 0.3) is 0 Å². The summed E-state index contributed by atoms with van der Waals surface area (Å²) >= 11 is 1.45. The predicted octanol–water partition coefficient (Wildman–Crippen LogP) is 7.67. The van der Waals surface area contributed by atoms with Crippen molar-refractivity contribution in [1.82, 2.24) is 4.72 Å². The summed E-state index contributed by atoms with van der Waals surface area (Å²) in [5.74, 6) is -0.773. The van der Waals surface area contributed by atoms with Gasteiger partial charge in [0.15, 0.2) is 18.5 Å². The van der Waals surface area contributed by atoms with E-state index in [1.165, 1.54) is 25.6 Å². The molecule has 2 fully saturated rings. The fraction of sp³-hybridized carbons (Fsp3) is 0.490. The maximum Gasteiger partial charge on any atom is 0.303 e. The SMILES string of the molecule is CCSC1OC(COCc2ccccc2)[C@@H](OC2OC(COCc3ccccc3)[C@H](OC(C)=O)[C@H](OC(C)=O)[C@@H]2OCc2ccccc2)[C@H](OCc2ccccc2)[C@@H]1NS(=O)(=O)CC[Si](C)(C)C. The first-order chi connectivity index (χ1) is 32.7. The molecule has 2 aliphatic rings. The molecule has 370 valence electrons. The van der Waals surface area contributed by atoms with Gasteiger partial charge >= 0.3 is 11.9 Å². The van der Waals surface area contributed by atoms with E-state index in [2.05, 4.69) is 24.4 Å². The Morgan fingerprint density at radius 3 is 1.50 bits per heavy atom. The number of hydrogen-bond acceptors (Lipinski definition) is 14. The Bertz CT molecular complexity index is 2220. The second-order valence-electron chi connectivity index (χ2n) is 18.1. The smallest absolute Gasteiger partial charge is 0.303 e. The number of nitrogens with one attached hydrogen (secondary N) is 1. The molecule has 4 aromatic rings. The lowest BCUT2D eigenvalue weighted by Gasteiger charge is -2.50. The van der Waals surface area contributed by atoms with Gasteiger partial charge in [0.2, 0.25) is 10.0 Å². The van der Waals surface area contributed by atoms with E-state index in [9.17, 15) is 18.0 Å². The average molecular weight is 994 g/mol. The van der Waals surface area contributed by atoms with E-state index in [-0.39, 0.29) is 45.4 Å². The van der Waals surface area contributed by atoms with Crippen molar-refractivity contribution in [1.29, 1.82) is 0 Å². The first-order valence-corrected chi connectivity index (χ1v) is 29.6. The first-order valence-electron chi connectivity index (χ1n) is 23.1. The van der Waals surface area contributed by atoms with Crippen LogP contribution < -0.4 is 4.72 Å². The fourth-order valence-electron chi connectivity index (χ4n) is 7.92. The molecular formula is C51H67NO13S2Si. The second-order valence-corrected chi connectivity index (χ2v) is 27.0. The van der Waals surface area contributed by atoms with Gasteiger partial charge in [-0.1, -0.05) is 148 Å². The average Bonchev–Trinajstić information content (AvgIpc) is 3.31. The zero-order chi connectivity index (χ0) is 48.5. The molecular weight excluding hydrogens is 927 g/mol. The third-order valence-corrected chi connectivity index (χ3v) is 15.8. The quantitative estimate of drug-likeness (QED) is 0.0508. The van der Waals surface area contributed by atoms with Crippen LogP contribution in [-0.4, -0.2) is 114 Å². The maximum atomic E-state index is 14.2. The van der Waals surface area contributed by atoms with E-state index in [0.29, 0.717) is 11.8 Å². The van der Waals surface area contributed by atoms with E-state index in [1.54, 1.807) is 0 Å². The summed E-state index contributed by atoms with van der Waals surface area (Å²) in [7, 11) is -5.68. The molecule has 2 saturated heterocycles. The highest BCUT2D eigenvalue weighted by molar-refractivity contribution is 7.99.